The highest BCUT2D eigenvalue weighted by Crippen LogP contribution is 2.33. The van der Waals surface area contributed by atoms with E-state index in [9.17, 15) is 4.79 Å². The van der Waals surface area contributed by atoms with Gasteiger partial charge in [-0.15, -0.1) is 0 Å². The number of halogens is 2. The Hall–Kier alpha value is -2.94. The van der Waals surface area contributed by atoms with Crippen LogP contribution in [0.4, 0.5) is 5.69 Å². The van der Waals surface area contributed by atoms with Gasteiger partial charge in [0.2, 0.25) is 5.89 Å². The van der Waals surface area contributed by atoms with E-state index in [4.69, 9.17) is 33.0 Å². The number of hydrogen-bond acceptors (Lipinski definition) is 5. The number of methoxy groups -OCH3 is 1. The van der Waals surface area contributed by atoms with Crippen LogP contribution < -0.4 is 15.4 Å². The van der Waals surface area contributed by atoms with Crippen LogP contribution in [0.3, 0.4) is 0 Å². The number of amides is 1. The third kappa shape index (κ3) is 5.03. The molecule has 1 aromatic heterocycles. The van der Waals surface area contributed by atoms with E-state index < -0.39 is 5.91 Å². The van der Waals surface area contributed by atoms with E-state index in [1.807, 2.05) is 38.1 Å². The van der Waals surface area contributed by atoms with Gasteiger partial charge in [0.25, 0.3) is 5.91 Å². The van der Waals surface area contributed by atoms with Crippen molar-refractivity contribution >= 4 is 67.6 Å². The number of rotatable bonds is 4. The summed E-state index contributed by atoms with van der Waals surface area (Å²) >= 11 is 15.2. The molecule has 0 fully saturated rings. The van der Waals surface area contributed by atoms with Crippen LogP contribution in [-0.4, -0.2) is 23.1 Å². The largest absolute Gasteiger partial charge is 0.496 e. The Bertz CT molecular complexity index is 1400. The molecule has 33 heavy (non-hydrogen) atoms. The van der Waals surface area contributed by atoms with Gasteiger partial charge in [-0.05, 0) is 79.7 Å². The highest BCUT2D eigenvalue weighted by atomic mass is 79.9. The number of fused-ring (bicyclic) bond motifs is 1. The number of aryl methyl sites for hydroxylation is 2. The van der Waals surface area contributed by atoms with Gasteiger partial charge in [0.05, 0.1) is 23.3 Å². The fourth-order valence-corrected chi connectivity index (χ4v) is 4.40. The Balaban J connectivity index is 1.55. The van der Waals surface area contributed by atoms with Crippen LogP contribution in [0.2, 0.25) is 5.02 Å². The van der Waals surface area contributed by atoms with E-state index in [1.54, 1.807) is 24.3 Å². The predicted octanol–water partition coefficient (Wildman–Crippen LogP) is 6.66. The Morgan fingerprint density at radius 1 is 1.15 bits per heavy atom. The van der Waals surface area contributed by atoms with Crippen molar-refractivity contribution < 1.29 is 13.9 Å². The molecule has 1 amide bonds. The molecule has 0 aliphatic heterocycles. The van der Waals surface area contributed by atoms with Crippen LogP contribution >= 0.6 is 39.7 Å². The number of carbonyl (C=O) groups excluding carboxylic acids is 1. The molecule has 0 saturated carbocycles. The number of nitrogens with one attached hydrogen (secondary N) is 2. The minimum atomic E-state index is -0.391. The van der Waals surface area contributed by atoms with Crippen LogP contribution in [0, 0.1) is 13.8 Å². The zero-order valence-electron chi connectivity index (χ0n) is 18.0. The molecule has 1 heterocycles. The maximum atomic E-state index is 12.8. The second-order valence-corrected chi connectivity index (χ2v) is 9.13. The average molecular weight is 545 g/mol. The van der Waals surface area contributed by atoms with E-state index in [1.165, 1.54) is 7.11 Å². The Labute approximate surface area is 209 Å². The van der Waals surface area contributed by atoms with Gasteiger partial charge in [-0.25, -0.2) is 4.98 Å². The minimum absolute atomic E-state index is 0.126. The van der Waals surface area contributed by atoms with E-state index in [2.05, 4.69) is 31.5 Å². The van der Waals surface area contributed by atoms with Crippen molar-refractivity contribution in [2.75, 3.05) is 12.4 Å². The summed E-state index contributed by atoms with van der Waals surface area (Å²) in [6, 6.07) is 14.6. The Morgan fingerprint density at radius 3 is 2.70 bits per heavy atom. The summed E-state index contributed by atoms with van der Waals surface area (Å²) in [6.07, 6.45) is 0. The van der Waals surface area contributed by atoms with E-state index >= 15 is 0 Å². The Morgan fingerprint density at radius 2 is 1.94 bits per heavy atom. The van der Waals surface area contributed by atoms with Gasteiger partial charge in [-0.3, -0.25) is 10.1 Å². The first-order valence-electron chi connectivity index (χ1n) is 9.88. The summed E-state index contributed by atoms with van der Waals surface area (Å²) in [5.41, 5.74) is 4.92. The first kappa shape index (κ1) is 23.2. The zero-order chi connectivity index (χ0) is 23.7. The quantitative estimate of drug-likeness (QED) is 0.280. The molecular weight excluding hydrogens is 526 g/mol. The molecule has 0 unspecified atom stereocenters. The van der Waals surface area contributed by atoms with Gasteiger partial charge in [0, 0.05) is 10.2 Å². The van der Waals surface area contributed by atoms with Crippen molar-refractivity contribution in [1.82, 2.24) is 10.3 Å². The van der Waals surface area contributed by atoms with E-state index in [0.717, 1.165) is 21.1 Å². The molecule has 0 aliphatic carbocycles. The van der Waals surface area contributed by atoms with Crippen molar-refractivity contribution in [3.05, 3.63) is 74.7 Å². The number of oxazole rings is 1. The number of ether oxygens (including phenoxy) is 1. The smallest absolute Gasteiger partial charge is 0.261 e. The number of thiocarbonyl (C=S) groups is 1. The van der Waals surface area contributed by atoms with Gasteiger partial charge in [-0.1, -0.05) is 33.6 Å². The van der Waals surface area contributed by atoms with Gasteiger partial charge in [0.15, 0.2) is 10.7 Å². The van der Waals surface area contributed by atoms with Crippen molar-refractivity contribution in [3.63, 3.8) is 0 Å². The number of hydrogen-bond donors (Lipinski definition) is 2. The van der Waals surface area contributed by atoms with Crippen molar-refractivity contribution in [1.29, 1.82) is 0 Å². The summed E-state index contributed by atoms with van der Waals surface area (Å²) < 4.78 is 12.1. The molecule has 2 N–H and O–H groups in total. The third-order valence-electron chi connectivity index (χ3n) is 4.91. The van der Waals surface area contributed by atoms with Crippen molar-refractivity contribution in [2.24, 2.45) is 0 Å². The van der Waals surface area contributed by atoms with E-state index in [-0.39, 0.29) is 5.11 Å². The third-order valence-corrected chi connectivity index (χ3v) is 5.91. The van der Waals surface area contributed by atoms with Gasteiger partial charge >= 0.3 is 0 Å². The molecule has 0 radical (unpaired) electrons. The first-order chi connectivity index (χ1) is 15.7. The van der Waals surface area contributed by atoms with Gasteiger partial charge < -0.3 is 14.5 Å². The lowest BCUT2D eigenvalue weighted by Crippen LogP contribution is -2.34. The van der Waals surface area contributed by atoms with Gasteiger partial charge in [-0.2, -0.15) is 0 Å². The summed E-state index contributed by atoms with van der Waals surface area (Å²) in [5, 5.41) is 6.30. The second-order valence-electron chi connectivity index (χ2n) is 7.40. The molecule has 6 nitrogen and oxygen atoms in total. The summed E-state index contributed by atoms with van der Waals surface area (Å²) in [6.45, 7) is 3.85. The molecule has 0 bridgehead atoms. The molecule has 0 aliphatic rings. The number of carbonyl (C=O) groups is 1. The molecule has 0 spiro atoms. The van der Waals surface area contributed by atoms with E-state index in [0.29, 0.717) is 39.1 Å². The average Bonchev–Trinajstić information content (AvgIpc) is 3.17. The topological polar surface area (TPSA) is 76.4 Å². The van der Waals surface area contributed by atoms with Gasteiger partial charge in [0.1, 0.15) is 11.3 Å². The summed E-state index contributed by atoms with van der Waals surface area (Å²) in [4.78, 5) is 17.3. The molecule has 3 aromatic carbocycles. The lowest BCUT2D eigenvalue weighted by Gasteiger charge is -2.14. The fraction of sp³-hybridized carbons (Fsp3) is 0.125. The van der Waals surface area contributed by atoms with Crippen molar-refractivity contribution in [2.45, 2.75) is 13.8 Å². The SMILES string of the molecule is COc1c(C)cc(Br)cc1C(=O)NC(=S)Nc1ccc(Cl)c(-c2nc3ccc(C)cc3o2)c1. The number of benzene rings is 3. The Kier molecular flexibility index (Phi) is 6.69. The van der Waals surface area contributed by atoms with Crippen molar-refractivity contribution in [3.8, 4) is 17.2 Å². The monoisotopic (exact) mass is 543 g/mol. The first-order valence-corrected chi connectivity index (χ1v) is 11.5. The minimum Gasteiger partial charge on any atom is -0.496 e. The van der Waals surface area contributed by atoms with Crippen LogP contribution in [0.25, 0.3) is 22.6 Å². The van der Waals surface area contributed by atoms with Crippen LogP contribution in [0.15, 0.2) is 57.4 Å². The normalized spacial score (nSPS) is 10.8. The molecule has 4 aromatic rings. The predicted molar refractivity (Wildman–Crippen MR) is 138 cm³/mol. The summed E-state index contributed by atoms with van der Waals surface area (Å²) in [5.74, 6) is 0.490. The molecule has 0 saturated heterocycles. The molecule has 168 valence electrons. The zero-order valence-corrected chi connectivity index (χ0v) is 21.1. The maximum Gasteiger partial charge on any atom is 0.261 e. The highest BCUT2D eigenvalue weighted by Gasteiger charge is 2.18. The summed E-state index contributed by atoms with van der Waals surface area (Å²) in [7, 11) is 1.52. The van der Waals surface area contributed by atoms with Crippen LogP contribution in [0.5, 0.6) is 5.75 Å². The molecule has 9 heteroatoms. The highest BCUT2D eigenvalue weighted by molar-refractivity contribution is 9.10. The fourth-order valence-electron chi connectivity index (χ4n) is 3.42. The lowest BCUT2D eigenvalue weighted by molar-refractivity contribution is 0.0974. The standard InChI is InChI=1S/C24H19BrClN3O3S/c1-12-4-7-19-20(8-12)32-23(28-19)16-11-15(5-6-18(16)26)27-24(33)29-22(30)17-10-14(25)9-13(2)21(17)31-3/h4-11H,1-3H3,(H2,27,29,30,33). The maximum absolute atomic E-state index is 12.8. The second kappa shape index (κ2) is 9.51. The molecular formula is C24H19BrClN3O3S. The number of anilines is 1. The van der Waals surface area contributed by atoms with Crippen LogP contribution in [0.1, 0.15) is 21.5 Å². The molecule has 0 atom stereocenters. The lowest BCUT2D eigenvalue weighted by atomic mass is 10.1. The molecule has 4 rings (SSSR count). The van der Waals surface area contributed by atoms with Crippen LogP contribution in [-0.2, 0) is 0 Å². The number of aromatic nitrogens is 1. The number of nitrogens with zero attached hydrogens (tertiary/aromatic N) is 1.